The number of alkyl halides is 6. The predicted molar refractivity (Wildman–Crippen MR) is 183 cm³/mol. The number of amides is 3. The summed E-state index contributed by atoms with van der Waals surface area (Å²) < 4.78 is 80.9. The van der Waals surface area contributed by atoms with Gasteiger partial charge in [0.1, 0.15) is 0 Å². The Bertz CT molecular complexity index is 1630. The molecule has 3 aromatic carbocycles. The van der Waals surface area contributed by atoms with Gasteiger partial charge in [0.15, 0.2) is 0 Å². The molecule has 3 amide bonds. The number of halogens is 8. The second-order valence-electron chi connectivity index (χ2n) is 12.6. The third-order valence-electron chi connectivity index (χ3n) is 8.75. The first-order valence-corrected chi connectivity index (χ1v) is 16.6. The summed E-state index contributed by atoms with van der Waals surface area (Å²) in [5.41, 5.74) is -1.09. The van der Waals surface area contributed by atoms with Crippen LogP contribution in [0.4, 0.5) is 36.8 Å². The molecule has 0 bridgehead atoms. The van der Waals surface area contributed by atoms with Crippen LogP contribution in [0, 0.1) is 0 Å². The minimum Gasteiger partial charge on any atom is -0.369 e. The van der Waals surface area contributed by atoms with Crippen molar-refractivity contribution in [3.63, 3.8) is 0 Å². The number of carbonyl (C=O) groups excluding carboxylic acids is 2. The highest BCUT2D eigenvalue weighted by Gasteiger charge is 2.38. The summed E-state index contributed by atoms with van der Waals surface area (Å²) >= 11 is 12.4. The monoisotopic (exact) mass is 745 g/mol. The zero-order valence-corrected chi connectivity index (χ0v) is 29.5. The van der Waals surface area contributed by atoms with Crippen molar-refractivity contribution in [2.45, 2.75) is 37.7 Å². The lowest BCUT2D eigenvalue weighted by atomic mass is 9.94. The van der Waals surface area contributed by atoms with E-state index in [-0.39, 0.29) is 35.6 Å². The fourth-order valence-corrected chi connectivity index (χ4v) is 6.23. The molecule has 3 aromatic rings. The van der Waals surface area contributed by atoms with Crippen LogP contribution in [0.5, 0.6) is 0 Å². The summed E-state index contributed by atoms with van der Waals surface area (Å²) in [6.45, 7) is 5.36. The van der Waals surface area contributed by atoms with Crippen molar-refractivity contribution in [3.8, 4) is 0 Å². The van der Waals surface area contributed by atoms with Crippen LogP contribution < -0.4 is 10.2 Å². The SMILES string of the molecule is C[C@H](NC(=O)N(C)C)c1ccccc1N1CCN(CC[C@H](CN(C)C(=O)c2cc(C(F)(F)F)cc(C(F)(F)F)c2)c2ccc(Cl)c(Cl)c2)CC1. The van der Waals surface area contributed by atoms with Gasteiger partial charge in [0.25, 0.3) is 5.91 Å². The quantitative estimate of drug-likeness (QED) is 0.212. The van der Waals surface area contributed by atoms with E-state index in [9.17, 15) is 35.9 Å². The van der Waals surface area contributed by atoms with E-state index < -0.39 is 35.0 Å². The van der Waals surface area contributed by atoms with E-state index >= 15 is 0 Å². The first-order chi connectivity index (χ1) is 23.3. The Morgan fingerprint density at radius 3 is 2.00 bits per heavy atom. The summed E-state index contributed by atoms with van der Waals surface area (Å²) in [4.78, 5) is 32.7. The molecule has 1 saturated heterocycles. The molecule has 0 aromatic heterocycles. The van der Waals surface area contributed by atoms with Crippen LogP contribution in [0.2, 0.25) is 10.0 Å². The molecular weight excluding hydrogens is 707 g/mol. The first-order valence-electron chi connectivity index (χ1n) is 15.9. The van der Waals surface area contributed by atoms with Crippen LogP contribution in [0.25, 0.3) is 0 Å². The fourth-order valence-electron chi connectivity index (χ4n) is 5.93. The van der Waals surface area contributed by atoms with Gasteiger partial charge < -0.3 is 20.0 Å². The number of para-hydroxylation sites is 1. The molecule has 7 nitrogen and oxygen atoms in total. The van der Waals surface area contributed by atoms with Crippen LogP contribution in [0.3, 0.4) is 0 Å². The van der Waals surface area contributed by atoms with Gasteiger partial charge >= 0.3 is 18.4 Å². The maximum atomic E-state index is 13.5. The molecule has 0 aliphatic carbocycles. The Hall–Kier alpha value is -3.68. The fraction of sp³-hybridized carbons (Fsp3) is 0.429. The third-order valence-corrected chi connectivity index (χ3v) is 9.49. The zero-order chi connectivity index (χ0) is 37.0. The van der Waals surface area contributed by atoms with Gasteiger partial charge in [0, 0.05) is 71.0 Å². The second-order valence-corrected chi connectivity index (χ2v) is 13.4. The number of benzene rings is 3. The molecule has 1 aliphatic heterocycles. The average Bonchev–Trinajstić information content (AvgIpc) is 3.06. The molecule has 0 saturated carbocycles. The molecular formula is C35H39Cl2F6N5O2. The molecule has 50 heavy (non-hydrogen) atoms. The van der Waals surface area contributed by atoms with Gasteiger partial charge in [-0.2, -0.15) is 26.3 Å². The topological polar surface area (TPSA) is 59.1 Å². The minimum atomic E-state index is -5.08. The molecule has 1 N–H and O–H groups in total. The normalized spacial score (nSPS) is 15.4. The van der Waals surface area contributed by atoms with Crippen LogP contribution >= 0.6 is 23.2 Å². The highest BCUT2D eigenvalue weighted by atomic mass is 35.5. The van der Waals surface area contributed by atoms with Gasteiger partial charge in [-0.05, 0) is 67.4 Å². The minimum absolute atomic E-state index is 0.00170. The van der Waals surface area contributed by atoms with E-state index in [1.807, 2.05) is 31.2 Å². The number of piperazine rings is 1. The van der Waals surface area contributed by atoms with E-state index in [0.29, 0.717) is 56.3 Å². The molecule has 0 unspecified atom stereocenters. The van der Waals surface area contributed by atoms with Crippen LogP contribution in [-0.2, 0) is 12.4 Å². The van der Waals surface area contributed by atoms with Crippen molar-refractivity contribution >= 4 is 40.8 Å². The van der Waals surface area contributed by atoms with Crippen molar-refractivity contribution < 1.29 is 35.9 Å². The summed E-state index contributed by atoms with van der Waals surface area (Å²) in [5.74, 6) is -1.35. The van der Waals surface area contributed by atoms with Gasteiger partial charge in [-0.1, -0.05) is 47.5 Å². The Morgan fingerprint density at radius 2 is 1.44 bits per heavy atom. The second kappa shape index (κ2) is 16.1. The third kappa shape index (κ3) is 9.97. The molecule has 1 aliphatic rings. The number of hydrogen-bond acceptors (Lipinski definition) is 4. The van der Waals surface area contributed by atoms with Gasteiger partial charge in [-0.3, -0.25) is 9.69 Å². The van der Waals surface area contributed by atoms with Crippen LogP contribution in [-0.4, -0.2) is 87.0 Å². The summed E-state index contributed by atoms with van der Waals surface area (Å²) in [6.07, 6.45) is -9.65. The molecule has 1 heterocycles. The number of likely N-dealkylation sites (N-methyl/N-ethyl adjacent to an activating group) is 1. The highest BCUT2D eigenvalue weighted by molar-refractivity contribution is 6.42. The smallest absolute Gasteiger partial charge is 0.369 e. The summed E-state index contributed by atoms with van der Waals surface area (Å²) in [7, 11) is 4.70. The molecule has 15 heteroatoms. The van der Waals surface area contributed by atoms with Gasteiger partial charge in [-0.25, -0.2) is 4.79 Å². The zero-order valence-electron chi connectivity index (χ0n) is 28.0. The summed E-state index contributed by atoms with van der Waals surface area (Å²) in [5, 5.41) is 3.59. The van der Waals surface area contributed by atoms with E-state index in [1.165, 1.54) is 11.9 Å². The lowest BCUT2D eigenvalue weighted by Gasteiger charge is -2.38. The van der Waals surface area contributed by atoms with Crippen LogP contribution in [0.15, 0.2) is 60.7 Å². The van der Waals surface area contributed by atoms with Crippen molar-refractivity contribution in [2.75, 3.05) is 65.3 Å². The molecule has 0 radical (unpaired) electrons. The molecule has 2 atom stereocenters. The maximum absolute atomic E-state index is 13.5. The lowest BCUT2D eigenvalue weighted by molar-refractivity contribution is -0.143. The van der Waals surface area contributed by atoms with Crippen molar-refractivity contribution in [3.05, 3.63) is 98.5 Å². The number of rotatable bonds is 10. The van der Waals surface area contributed by atoms with Crippen LogP contribution in [0.1, 0.15) is 57.9 Å². The molecule has 1 fully saturated rings. The molecule has 4 rings (SSSR count). The Balaban J connectivity index is 1.48. The summed E-state index contributed by atoms with van der Waals surface area (Å²) in [6, 6.07) is 13.4. The number of hydrogen-bond donors (Lipinski definition) is 1. The molecule has 272 valence electrons. The number of anilines is 1. The Morgan fingerprint density at radius 1 is 0.840 bits per heavy atom. The Kier molecular flexibility index (Phi) is 12.6. The van der Waals surface area contributed by atoms with Gasteiger partial charge in [0.2, 0.25) is 0 Å². The number of urea groups is 1. The van der Waals surface area contributed by atoms with E-state index in [4.69, 9.17) is 23.2 Å². The van der Waals surface area contributed by atoms with E-state index in [0.717, 1.165) is 21.7 Å². The maximum Gasteiger partial charge on any atom is 0.416 e. The largest absolute Gasteiger partial charge is 0.416 e. The van der Waals surface area contributed by atoms with Crippen molar-refractivity contribution in [2.24, 2.45) is 0 Å². The predicted octanol–water partition coefficient (Wildman–Crippen LogP) is 8.43. The molecule has 0 spiro atoms. The van der Waals surface area contributed by atoms with E-state index in [1.54, 1.807) is 32.3 Å². The average molecular weight is 747 g/mol. The number of carbonyl (C=O) groups is 2. The first kappa shape index (κ1) is 39.1. The highest BCUT2D eigenvalue weighted by Crippen LogP contribution is 2.37. The number of nitrogens with one attached hydrogen (secondary N) is 1. The standard InChI is InChI=1S/C35H39Cl2F6N5O2/c1-22(44-33(50)45(2)3)28-7-5-6-8-31(28)48-15-13-47(14-16-48)12-11-24(23-9-10-29(36)30(37)19-23)21-46(4)32(49)25-17-26(34(38,39)40)20-27(18-25)35(41,42)43/h5-10,17-20,22,24H,11-16,21H2,1-4H3,(H,44,50)/t22-,24+/m0/s1. The van der Waals surface area contributed by atoms with Gasteiger partial charge in [-0.15, -0.1) is 0 Å². The Labute approximate surface area is 297 Å². The number of nitrogens with zero attached hydrogens (tertiary/aromatic N) is 4. The van der Waals surface area contributed by atoms with Crippen molar-refractivity contribution in [1.82, 2.24) is 20.0 Å². The lowest BCUT2D eigenvalue weighted by Crippen LogP contribution is -2.47. The van der Waals surface area contributed by atoms with Gasteiger partial charge in [0.05, 0.1) is 27.2 Å². The van der Waals surface area contributed by atoms with E-state index in [2.05, 4.69) is 15.1 Å². The van der Waals surface area contributed by atoms with Crippen molar-refractivity contribution in [1.29, 1.82) is 0 Å².